The summed E-state index contributed by atoms with van der Waals surface area (Å²) in [6.45, 7) is 2.58. The van der Waals surface area contributed by atoms with Crippen molar-refractivity contribution in [1.82, 2.24) is 10.3 Å². The smallest absolute Gasteiger partial charge is 0.207 e. The molecule has 0 spiro atoms. The lowest BCUT2D eigenvalue weighted by Gasteiger charge is -2.02. The lowest BCUT2D eigenvalue weighted by molar-refractivity contribution is -0.109. The summed E-state index contributed by atoms with van der Waals surface area (Å²) in [4.78, 5) is 15.6. The molecule has 2 aromatic rings. The summed E-state index contributed by atoms with van der Waals surface area (Å²) in [5.74, 6) is 0. The quantitative estimate of drug-likeness (QED) is 0.822. The molecule has 0 unspecified atom stereocenters. The molecule has 2 rings (SSSR count). The number of aromatic nitrogens is 1. The number of hydrogen-bond donors (Lipinski definition) is 1. The molecule has 16 heavy (non-hydrogen) atoms. The van der Waals surface area contributed by atoms with Gasteiger partial charge in [0.05, 0.1) is 16.1 Å². The maximum absolute atomic E-state index is 10.2. The van der Waals surface area contributed by atoms with Gasteiger partial charge in [-0.15, -0.1) is 11.3 Å². The Morgan fingerprint density at radius 2 is 2.12 bits per heavy atom. The fourth-order valence-electron chi connectivity index (χ4n) is 1.51. The lowest BCUT2D eigenvalue weighted by atomic mass is 10.1. The van der Waals surface area contributed by atoms with E-state index in [9.17, 15) is 4.79 Å². The molecule has 0 radical (unpaired) electrons. The Bertz CT molecular complexity index is 476. The maximum atomic E-state index is 10.2. The summed E-state index contributed by atoms with van der Waals surface area (Å²) in [5, 5.41) is 2.64. The first-order valence-electron chi connectivity index (χ1n) is 4.97. The molecule has 0 bridgehead atoms. The molecule has 3 nitrogen and oxygen atoms in total. The van der Waals surface area contributed by atoms with Gasteiger partial charge < -0.3 is 5.32 Å². The van der Waals surface area contributed by atoms with Crippen LogP contribution in [0.1, 0.15) is 11.3 Å². The highest BCUT2D eigenvalue weighted by molar-refractivity contribution is 7.13. The SMILES string of the molecule is Cc1ncsc1-c1ccc(CNC=O)cc1. The fraction of sp³-hybridized carbons (Fsp3) is 0.167. The van der Waals surface area contributed by atoms with Gasteiger partial charge in [0, 0.05) is 6.54 Å². The molecule has 0 aliphatic carbocycles. The van der Waals surface area contributed by atoms with Crippen LogP contribution in [-0.4, -0.2) is 11.4 Å². The van der Waals surface area contributed by atoms with Crippen LogP contribution in [0.15, 0.2) is 29.8 Å². The Labute approximate surface area is 98.2 Å². The molecule has 82 valence electrons. The van der Waals surface area contributed by atoms with Crippen molar-refractivity contribution in [2.75, 3.05) is 0 Å². The highest BCUT2D eigenvalue weighted by atomic mass is 32.1. The molecular weight excluding hydrogens is 220 g/mol. The van der Waals surface area contributed by atoms with Crippen LogP contribution in [0, 0.1) is 6.92 Å². The van der Waals surface area contributed by atoms with Crippen LogP contribution in [0.2, 0.25) is 0 Å². The summed E-state index contributed by atoms with van der Waals surface area (Å²) in [7, 11) is 0. The van der Waals surface area contributed by atoms with Gasteiger partial charge in [-0.1, -0.05) is 24.3 Å². The molecule has 1 aromatic heterocycles. The van der Waals surface area contributed by atoms with Crippen molar-refractivity contribution in [1.29, 1.82) is 0 Å². The molecule has 1 N–H and O–H groups in total. The van der Waals surface area contributed by atoms with Crippen molar-refractivity contribution in [3.63, 3.8) is 0 Å². The molecule has 0 atom stereocenters. The van der Waals surface area contributed by atoms with E-state index in [1.54, 1.807) is 11.3 Å². The summed E-state index contributed by atoms with van der Waals surface area (Å²) in [5.41, 5.74) is 5.18. The highest BCUT2D eigenvalue weighted by Crippen LogP contribution is 2.26. The van der Waals surface area contributed by atoms with E-state index in [0.29, 0.717) is 13.0 Å². The Hall–Kier alpha value is -1.68. The van der Waals surface area contributed by atoms with Crippen molar-refractivity contribution in [3.05, 3.63) is 41.0 Å². The van der Waals surface area contributed by atoms with Gasteiger partial charge in [0.2, 0.25) is 6.41 Å². The number of nitrogens with one attached hydrogen (secondary N) is 1. The molecule has 1 heterocycles. The molecule has 1 amide bonds. The van der Waals surface area contributed by atoms with Crippen molar-refractivity contribution in [2.24, 2.45) is 0 Å². The number of benzene rings is 1. The third-order valence-corrected chi connectivity index (χ3v) is 3.33. The van der Waals surface area contributed by atoms with Crippen molar-refractivity contribution in [2.45, 2.75) is 13.5 Å². The number of thiazole rings is 1. The molecule has 0 fully saturated rings. The van der Waals surface area contributed by atoms with Gasteiger partial charge in [-0.3, -0.25) is 4.79 Å². The summed E-state index contributed by atoms with van der Waals surface area (Å²) >= 11 is 1.64. The van der Waals surface area contributed by atoms with Crippen molar-refractivity contribution < 1.29 is 4.79 Å². The predicted octanol–water partition coefficient (Wildman–Crippen LogP) is 2.36. The van der Waals surface area contributed by atoms with E-state index in [2.05, 4.69) is 22.4 Å². The summed E-state index contributed by atoms with van der Waals surface area (Å²) < 4.78 is 0. The van der Waals surface area contributed by atoms with E-state index in [1.165, 1.54) is 10.4 Å². The zero-order chi connectivity index (χ0) is 11.4. The molecular formula is C12H12N2OS. The minimum absolute atomic E-state index is 0.575. The zero-order valence-corrected chi connectivity index (χ0v) is 9.75. The number of carbonyl (C=O) groups is 1. The first-order chi connectivity index (χ1) is 7.81. The zero-order valence-electron chi connectivity index (χ0n) is 8.93. The number of hydrogen-bond acceptors (Lipinski definition) is 3. The third kappa shape index (κ3) is 2.28. The number of carbonyl (C=O) groups excluding carboxylic acids is 1. The van der Waals surface area contributed by atoms with Crippen LogP contribution in [0.3, 0.4) is 0 Å². The second-order valence-electron chi connectivity index (χ2n) is 3.46. The molecule has 0 saturated heterocycles. The van der Waals surface area contributed by atoms with E-state index >= 15 is 0 Å². The Morgan fingerprint density at radius 3 is 2.69 bits per heavy atom. The third-order valence-electron chi connectivity index (χ3n) is 2.35. The van der Waals surface area contributed by atoms with Crippen LogP contribution < -0.4 is 5.32 Å². The van der Waals surface area contributed by atoms with Gasteiger partial charge in [-0.05, 0) is 18.1 Å². The van der Waals surface area contributed by atoms with E-state index < -0.39 is 0 Å². The monoisotopic (exact) mass is 232 g/mol. The van der Waals surface area contributed by atoms with Crippen molar-refractivity contribution in [3.8, 4) is 10.4 Å². The van der Waals surface area contributed by atoms with E-state index in [-0.39, 0.29) is 0 Å². The average Bonchev–Trinajstić information content (AvgIpc) is 2.74. The minimum atomic E-state index is 0.575. The largest absolute Gasteiger partial charge is 0.355 e. The van der Waals surface area contributed by atoms with E-state index in [4.69, 9.17) is 0 Å². The normalized spacial score (nSPS) is 10.1. The van der Waals surface area contributed by atoms with Gasteiger partial charge in [0.15, 0.2) is 0 Å². The summed E-state index contributed by atoms with van der Waals surface area (Å²) in [6.07, 6.45) is 0.710. The Kier molecular flexibility index (Phi) is 3.31. The lowest BCUT2D eigenvalue weighted by Crippen LogP contribution is -2.09. The second kappa shape index (κ2) is 4.90. The van der Waals surface area contributed by atoms with Gasteiger partial charge in [0.25, 0.3) is 0 Å². The number of rotatable bonds is 4. The summed E-state index contributed by atoms with van der Waals surface area (Å²) in [6, 6.07) is 8.15. The Morgan fingerprint density at radius 1 is 1.38 bits per heavy atom. The average molecular weight is 232 g/mol. The fourth-order valence-corrected chi connectivity index (χ4v) is 2.32. The van der Waals surface area contributed by atoms with Gasteiger partial charge in [-0.25, -0.2) is 4.98 Å². The van der Waals surface area contributed by atoms with Crippen LogP contribution in [0.4, 0.5) is 0 Å². The highest BCUT2D eigenvalue weighted by Gasteiger charge is 2.03. The van der Waals surface area contributed by atoms with Crippen molar-refractivity contribution >= 4 is 17.7 Å². The van der Waals surface area contributed by atoms with Gasteiger partial charge in [0.1, 0.15) is 0 Å². The van der Waals surface area contributed by atoms with Gasteiger partial charge in [-0.2, -0.15) is 0 Å². The standard InChI is InChI=1S/C12H12N2OS/c1-9-12(16-8-14-9)11-4-2-10(3-5-11)6-13-7-15/h2-5,7-8H,6H2,1H3,(H,13,15). The number of amides is 1. The van der Waals surface area contributed by atoms with Crippen LogP contribution in [0.5, 0.6) is 0 Å². The molecule has 0 aliphatic rings. The van der Waals surface area contributed by atoms with Crippen LogP contribution in [-0.2, 0) is 11.3 Å². The first kappa shape index (κ1) is 10.8. The topological polar surface area (TPSA) is 42.0 Å². The molecule has 0 aliphatic heterocycles. The van der Waals surface area contributed by atoms with Crippen LogP contribution in [0.25, 0.3) is 10.4 Å². The van der Waals surface area contributed by atoms with Crippen LogP contribution >= 0.6 is 11.3 Å². The van der Waals surface area contributed by atoms with Gasteiger partial charge >= 0.3 is 0 Å². The van der Waals surface area contributed by atoms with E-state index in [0.717, 1.165) is 11.3 Å². The predicted molar refractivity (Wildman–Crippen MR) is 65.2 cm³/mol. The molecule has 4 heteroatoms. The Balaban J connectivity index is 2.19. The van der Waals surface area contributed by atoms with E-state index in [1.807, 2.05) is 24.6 Å². The molecule has 0 saturated carbocycles. The first-order valence-corrected chi connectivity index (χ1v) is 5.85. The minimum Gasteiger partial charge on any atom is -0.355 e. The number of aryl methyl sites for hydroxylation is 1. The maximum Gasteiger partial charge on any atom is 0.207 e. The molecule has 1 aromatic carbocycles. The second-order valence-corrected chi connectivity index (χ2v) is 4.32. The number of nitrogens with zero attached hydrogens (tertiary/aromatic N) is 1.